The maximum atomic E-state index is 13.0. The molecule has 4 heterocycles. The maximum absolute atomic E-state index is 13.0. The van der Waals surface area contributed by atoms with Crippen LogP contribution in [0.4, 0.5) is 17.4 Å². The smallest absolute Gasteiger partial charge is 0.324 e. The van der Waals surface area contributed by atoms with Gasteiger partial charge in [0.1, 0.15) is 22.3 Å². The Labute approximate surface area is 191 Å². The number of hydrogen-bond donors (Lipinski definition) is 2. The van der Waals surface area contributed by atoms with Crippen molar-refractivity contribution in [3.8, 4) is 17.2 Å². The molecule has 12 heteroatoms. The van der Waals surface area contributed by atoms with Crippen molar-refractivity contribution >= 4 is 44.8 Å². The van der Waals surface area contributed by atoms with E-state index >= 15 is 0 Å². The van der Waals surface area contributed by atoms with Crippen molar-refractivity contribution in [1.29, 1.82) is 5.26 Å². The second-order valence-corrected chi connectivity index (χ2v) is 8.19. The molecule has 5 rings (SSSR count). The molecule has 4 N–H and O–H groups in total. The minimum absolute atomic E-state index is 0.0387. The largest absolute Gasteiger partial charge is 0.857 e. The highest BCUT2D eigenvalue weighted by Gasteiger charge is 2.24. The number of nitrogens with zero attached hydrogens (tertiary/aromatic N) is 6. The molecule has 0 amide bonds. The first-order valence-corrected chi connectivity index (χ1v) is 10.8. The van der Waals surface area contributed by atoms with E-state index in [1.54, 1.807) is 0 Å². The highest BCUT2D eigenvalue weighted by atomic mass is 32.1. The Morgan fingerprint density at radius 1 is 1.24 bits per heavy atom. The quantitative estimate of drug-likeness (QED) is 0.252. The number of benzene rings is 1. The average Bonchev–Trinajstić information content (AvgIpc) is 3.43. The van der Waals surface area contributed by atoms with E-state index in [4.69, 9.17) is 20.7 Å². The third-order valence-electron chi connectivity index (χ3n) is 5.21. The summed E-state index contributed by atoms with van der Waals surface area (Å²) in [4.78, 5) is 10.5. The van der Waals surface area contributed by atoms with Gasteiger partial charge in [-0.2, -0.15) is 5.26 Å². The fourth-order valence-corrected chi connectivity index (χ4v) is 4.65. The predicted molar refractivity (Wildman–Crippen MR) is 120 cm³/mol. The molecular formula is C21H18N8O3S. The molecule has 3 aromatic heterocycles. The normalized spacial score (nSPS) is 14.5. The Kier molecular flexibility index (Phi) is 5.25. The van der Waals surface area contributed by atoms with E-state index in [1.165, 1.54) is 11.0 Å². The number of hydrogen-bond acceptors (Lipinski definition) is 11. The second-order valence-electron chi connectivity index (χ2n) is 7.19. The molecule has 0 spiro atoms. The number of nitrogen functional groups attached to an aromatic ring is 2. The van der Waals surface area contributed by atoms with Gasteiger partial charge in [-0.1, -0.05) is 30.3 Å². The lowest BCUT2D eigenvalue weighted by Gasteiger charge is -2.18. The van der Waals surface area contributed by atoms with E-state index in [0.717, 1.165) is 16.9 Å². The zero-order chi connectivity index (χ0) is 22.9. The minimum Gasteiger partial charge on any atom is -0.857 e. The molecule has 1 aliphatic rings. The zero-order valence-electron chi connectivity index (χ0n) is 17.3. The molecule has 4 aromatic rings. The van der Waals surface area contributed by atoms with Gasteiger partial charge in [-0.15, -0.1) is 16.3 Å². The van der Waals surface area contributed by atoms with Crippen molar-refractivity contribution in [3.63, 3.8) is 0 Å². The van der Waals surface area contributed by atoms with Gasteiger partial charge in [0.25, 0.3) is 6.20 Å². The fourth-order valence-electron chi connectivity index (χ4n) is 3.66. The van der Waals surface area contributed by atoms with Gasteiger partial charge in [0.2, 0.25) is 5.27 Å². The molecule has 0 bridgehead atoms. The first kappa shape index (κ1) is 20.7. The number of ether oxygens (including phenoxy) is 1. The van der Waals surface area contributed by atoms with Crippen LogP contribution < -0.4 is 26.4 Å². The van der Waals surface area contributed by atoms with E-state index < -0.39 is 5.90 Å². The van der Waals surface area contributed by atoms with E-state index in [-0.39, 0.29) is 27.8 Å². The van der Waals surface area contributed by atoms with Crippen molar-refractivity contribution in [1.82, 2.24) is 10.3 Å². The summed E-state index contributed by atoms with van der Waals surface area (Å²) in [5.41, 5.74) is 14.1. The van der Waals surface area contributed by atoms with Crippen molar-refractivity contribution in [3.05, 3.63) is 47.0 Å². The Morgan fingerprint density at radius 2 is 2.00 bits per heavy atom. The molecule has 1 saturated heterocycles. The second kappa shape index (κ2) is 8.38. The maximum Gasteiger partial charge on any atom is 0.324 e. The van der Waals surface area contributed by atoms with E-state index in [1.807, 2.05) is 35.3 Å². The van der Waals surface area contributed by atoms with Crippen LogP contribution in [0.5, 0.6) is 0 Å². The van der Waals surface area contributed by atoms with Crippen LogP contribution in [-0.4, -0.2) is 42.5 Å². The van der Waals surface area contributed by atoms with Gasteiger partial charge >= 0.3 is 5.88 Å². The predicted octanol–water partition coefficient (Wildman–Crippen LogP) is 0.682. The molecule has 166 valence electrons. The summed E-state index contributed by atoms with van der Waals surface area (Å²) < 4.78 is 10.5. The zero-order valence-corrected chi connectivity index (χ0v) is 18.1. The molecule has 33 heavy (non-hydrogen) atoms. The number of morpholine rings is 1. The van der Waals surface area contributed by atoms with Crippen LogP contribution in [0.25, 0.3) is 21.3 Å². The lowest BCUT2D eigenvalue weighted by atomic mass is 9.97. The van der Waals surface area contributed by atoms with Crippen molar-refractivity contribution < 1.29 is 19.2 Å². The fraction of sp³-hybridized carbons (Fsp3) is 0.190. The third kappa shape index (κ3) is 3.69. The number of aromatic nitrogens is 3. The Morgan fingerprint density at radius 3 is 2.73 bits per heavy atom. The minimum atomic E-state index is -0.600. The molecule has 1 fully saturated rings. The number of thiophene rings is 1. The first-order valence-electron chi connectivity index (χ1n) is 10.0. The molecular weight excluding hydrogens is 444 g/mol. The number of aliphatic imine (C=N–C) groups is 1. The summed E-state index contributed by atoms with van der Waals surface area (Å²) in [6, 6.07) is 11.3. The highest BCUT2D eigenvalue weighted by Crippen LogP contribution is 2.42. The van der Waals surface area contributed by atoms with Gasteiger partial charge in [0.15, 0.2) is 0 Å². The Balaban J connectivity index is 1.59. The molecule has 1 aromatic carbocycles. The lowest BCUT2D eigenvalue weighted by Crippen LogP contribution is -2.62. The summed E-state index contributed by atoms with van der Waals surface area (Å²) in [6.45, 7) is 2.44. The summed E-state index contributed by atoms with van der Waals surface area (Å²) in [5.74, 6) is -0.489. The van der Waals surface area contributed by atoms with Crippen LogP contribution in [0.3, 0.4) is 0 Å². The molecule has 1 aliphatic heterocycles. The average molecular weight is 462 g/mol. The van der Waals surface area contributed by atoms with Gasteiger partial charge < -0.3 is 21.3 Å². The van der Waals surface area contributed by atoms with Crippen LogP contribution in [0.2, 0.25) is 0 Å². The SMILES string of the molecule is N#Cc1c(N)nc2sc(/C([O-])=N/c3c[n+](N4CCOCC4)no3)c(N)c2c1-c1ccccc1. The molecule has 11 nitrogen and oxygen atoms in total. The summed E-state index contributed by atoms with van der Waals surface area (Å²) in [6.07, 6.45) is 1.52. The number of nitrogens with two attached hydrogens (primary N) is 2. The Hall–Kier alpha value is -4.21. The van der Waals surface area contributed by atoms with Crippen LogP contribution in [-0.2, 0) is 4.74 Å². The van der Waals surface area contributed by atoms with Gasteiger partial charge in [-0.05, 0) is 5.56 Å². The van der Waals surface area contributed by atoms with E-state index in [2.05, 4.69) is 21.3 Å². The number of nitriles is 1. The van der Waals surface area contributed by atoms with Gasteiger partial charge in [-0.25, -0.2) is 9.98 Å². The summed E-state index contributed by atoms with van der Waals surface area (Å²) in [5, 5.41) is 29.0. The van der Waals surface area contributed by atoms with Crippen molar-refractivity contribution in [2.75, 3.05) is 42.8 Å². The molecule has 0 unspecified atom stereocenters. The van der Waals surface area contributed by atoms with Crippen LogP contribution in [0.15, 0.2) is 46.0 Å². The van der Waals surface area contributed by atoms with Crippen LogP contribution in [0.1, 0.15) is 10.4 Å². The summed E-state index contributed by atoms with van der Waals surface area (Å²) >= 11 is 1.06. The lowest BCUT2D eigenvalue weighted by molar-refractivity contribution is -0.759. The summed E-state index contributed by atoms with van der Waals surface area (Å²) in [7, 11) is 0. The number of anilines is 2. The molecule has 0 saturated carbocycles. The van der Waals surface area contributed by atoms with Gasteiger partial charge in [0, 0.05) is 16.8 Å². The van der Waals surface area contributed by atoms with Crippen LogP contribution in [0, 0.1) is 11.3 Å². The molecule has 0 radical (unpaired) electrons. The van der Waals surface area contributed by atoms with Gasteiger partial charge in [-0.3, -0.25) is 4.52 Å². The van der Waals surface area contributed by atoms with E-state index in [9.17, 15) is 10.4 Å². The van der Waals surface area contributed by atoms with Gasteiger partial charge in [0.05, 0.1) is 41.7 Å². The third-order valence-corrected chi connectivity index (χ3v) is 6.29. The monoisotopic (exact) mass is 462 g/mol. The Bertz CT molecular complexity index is 1400. The molecule has 0 atom stereocenters. The highest BCUT2D eigenvalue weighted by molar-refractivity contribution is 7.21. The topological polar surface area (TPSA) is 167 Å². The van der Waals surface area contributed by atoms with Crippen molar-refractivity contribution in [2.24, 2.45) is 4.99 Å². The number of fused-ring (bicyclic) bond motifs is 1. The number of rotatable bonds is 4. The molecule has 0 aliphatic carbocycles. The first-order chi connectivity index (χ1) is 16.1. The standard InChI is InChI=1S/C21H18N8O3S/c22-10-13-15(12-4-2-1-3-5-12)16-17(23)18(33-21(16)26-19(13)24)20(30)25-14-11-29(27-32-14)28-6-8-31-9-7-28/h1-5,11H,6-9H2,(H4-,23,24,25,26,27,30). The van der Waals surface area contributed by atoms with E-state index in [0.29, 0.717) is 42.1 Å². The number of pyridine rings is 1. The van der Waals surface area contributed by atoms with Crippen molar-refractivity contribution in [2.45, 2.75) is 0 Å². The van der Waals surface area contributed by atoms with Crippen LogP contribution >= 0.6 is 11.3 Å².